The summed E-state index contributed by atoms with van der Waals surface area (Å²) in [5.74, 6) is -0.762. The maximum atomic E-state index is 12.4. The highest BCUT2D eigenvalue weighted by molar-refractivity contribution is 6.39. The van der Waals surface area contributed by atoms with E-state index in [2.05, 4.69) is 27.8 Å². The molecule has 1 amide bonds. The van der Waals surface area contributed by atoms with Crippen molar-refractivity contribution in [1.82, 2.24) is 10.3 Å². The van der Waals surface area contributed by atoms with Gasteiger partial charge in [0.1, 0.15) is 11.9 Å². The Morgan fingerprint density at radius 1 is 1.16 bits per heavy atom. The molecule has 0 fully saturated rings. The van der Waals surface area contributed by atoms with Gasteiger partial charge in [-0.3, -0.25) is 4.79 Å². The topological polar surface area (TPSA) is 101 Å². The molecule has 2 aromatic rings. The van der Waals surface area contributed by atoms with E-state index in [1.807, 2.05) is 0 Å². The van der Waals surface area contributed by atoms with Gasteiger partial charge in [0.25, 0.3) is 5.91 Å². The summed E-state index contributed by atoms with van der Waals surface area (Å²) in [6.07, 6.45) is 4.99. The Bertz CT molecular complexity index is 935. The van der Waals surface area contributed by atoms with Crippen molar-refractivity contribution in [2.75, 3.05) is 25.1 Å². The molecule has 1 aromatic carbocycles. The number of carboxylic acids is 1. The number of ether oxygens (including phenoxy) is 1. The first-order valence-corrected chi connectivity index (χ1v) is 11.5. The summed E-state index contributed by atoms with van der Waals surface area (Å²) in [4.78, 5) is 28.6. The van der Waals surface area contributed by atoms with Gasteiger partial charge in [-0.05, 0) is 55.9 Å². The lowest BCUT2D eigenvalue weighted by atomic mass is 10.1. The van der Waals surface area contributed by atoms with Crippen LogP contribution in [0.15, 0.2) is 30.3 Å². The van der Waals surface area contributed by atoms with E-state index in [-0.39, 0.29) is 28.6 Å². The Hall–Kier alpha value is -2.35. The first-order valence-electron chi connectivity index (χ1n) is 10.7. The van der Waals surface area contributed by atoms with Crippen LogP contribution in [-0.4, -0.2) is 47.8 Å². The molecule has 0 spiro atoms. The van der Waals surface area contributed by atoms with Crippen molar-refractivity contribution in [3.05, 3.63) is 57.2 Å². The highest BCUT2D eigenvalue weighted by atomic mass is 35.5. The maximum Gasteiger partial charge on any atom is 0.326 e. The zero-order valence-corrected chi connectivity index (χ0v) is 19.2. The SMILES string of the molecule is O=C(NC(CCOCCCCc1ccc2c(n1)NCCC2)C(=O)O)c1c(Cl)cccc1Cl. The Labute approximate surface area is 197 Å². The predicted octanol–water partition coefficient (Wildman–Crippen LogP) is 4.36. The van der Waals surface area contributed by atoms with E-state index in [0.717, 1.165) is 50.2 Å². The van der Waals surface area contributed by atoms with Crippen LogP contribution in [0, 0.1) is 0 Å². The number of unbranched alkanes of at least 4 members (excludes halogenated alkanes) is 1. The molecule has 0 radical (unpaired) electrons. The number of aliphatic carboxylic acids is 1. The molecular formula is C23H27Cl2N3O4. The van der Waals surface area contributed by atoms with Crippen LogP contribution in [0.5, 0.6) is 0 Å². The van der Waals surface area contributed by atoms with E-state index in [9.17, 15) is 14.7 Å². The van der Waals surface area contributed by atoms with Crippen molar-refractivity contribution in [2.45, 2.75) is 44.6 Å². The lowest BCUT2D eigenvalue weighted by molar-refractivity contribution is -0.139. The van der Waals surface area contributed by atoms with Crippen LogP contribution in [0.1, 0.15) is 47.3 Å². The van der Waals surface area contributed by atoms with Crippen LogP contribution in [0.3, 0.4) is 0 Å². The summed E-state index contributed by atoms with van der Waals surface area (Å²) in [5, 5.41) is 15.5. The van der Waals surface area contributed by atoms with Gasteiger partial charge >= 0.3 is 5.97 Å². The van der Waals surface area contributed by atoms with Gasteiger partial charge in [0.2, 0.25) is 0 Å². The standard InChI is InChI=1S/C23H27Cl2N3O4/c24-17-7-3-8-18(25)20(17)22(29)28-19(23(30)31)11-14-32-13-2-1-6-16-10-9-15-5-4-12-26-21(15)27-16/h3,7-10,19H,1-2,4-6,11-14H2,(H,26,27)(H,28,29)(H,30,31). The molecule has 172 valence electrons. The molecule has 0 bridgehead atoms. The number of hydrogen-bond donors (Lipinski definition) is 3. The Balaban J connectivity index is 1.36. The van der Waals surface area contributed by atoms with Gasteiger partial charge in [-0.15, -0.1) is 0 Å². The third kappa shape index (κ3) is 6.82. The molecule has 0 saturated heterocycles. The second kappa shape index (κ2) is 12.0. The van der Waals surface area contributed by atoms with Crippen molar-refractivity contribution >= 4 is 40.9 Å². The molecule has 1 aliphatic heterocycles. The molecule has 1 unspecified atom stereocenters. The van der Waals surface area contributed by atoms with Gasteiger partial charge in [-0.25, -0.2) is 9.78 Å². The van der Waals surface area contributed by atoms with Gasteiger partial charge in [-0.1, -0.05) is 35.3 Å². The number of amides is 1. The van der Waals surface area contributed by atoms with Gasteiger partial charge in [0.15, 0.2) is 0 Å². The largest absolute Gasteiger partial charge is 0.480 e. The minimum absolute atomic E-state index is 0.0639. The third-order valence-electron chi connectivity index (χ3n) is 5.27. The first-order chi connectivity index (χ1) is 15.5. The molecule has 1 aliphatic rings. The van der Waals surface area contributed by atoms with Crippen LogP contribution < -0.4 is 10.6 Å². The Morgan fingerprint density at radius 2 is 1.94 bits per heavy atom. The number of fused-ring (bicyclic) bond motifs is 1. The van der Waals surface area contributed by atoms with Crippen LogP contribution in [0.2, 0.25) is 10.0 Å². The van der Waals surface area contributed by atoms with E-state index >= 15 is 0 Å². The fourth-order valence-corrected chi connectivity index (χ4v) is 4.09. The van der Waals surface area contributed by atoms with E-state index in [1.165, 1.54) is 17.7 Å². The van der Waals surface area contributed by atoms with Crippen LogP contribution in [0.4, 0.5) is 5.82 Å². The number of aryl methyl sites for hydroxylation is 2. The van der Waals surface area contributed by atoms with E-state index < -0.39 is 17.9 Å². The van der Waals surface area contributed by atoms with Crippen molar-refractivity contribution in [3.63, 3.8) is 0 Å². The summed E-state index contributed by atoms with van der Waals surface area (Å²) in [6.45, 7) is 1.70. The zero-order valence-electron chi connectivity index (χ0n) is 17.7. The predicted molar refractivity (Wildman–Crippen MR) is 125 cm³/mol. The zero-order chi connectivity index (χ0) is 22.9. The number of anilines is 1. The number of carbonyl (C=O) groups excluding carboxylic acids is 1. The summed E-state index contributed by atoms with van der Waals surface area (Å²) >= 11 is 12.0. The highest BCUT2D eigenvalue weighted by Crippen LogP contribution is 2.24. The molecular weight excluding hydrogens is 453 g/mol. The lowest BCUT2D eigenvalue weighted by Gasteiger charge is -2.17. The van der Waals surface area contributed by atoms with Gasteiger partial charge < -0.3 is 20.5 Å². The number of aromatic nitrogens is 1. The summed E-state index contributed by atoms with van der Waals surface area (Å²) in [5.41, 5.74) is 2.40. The lowest BCUT2D eigenvalue weighted by Crippen LogP contribution is -2.41. The molecule has 9 heteroatoms. The molecule has 0 saturated carbocycles. The molecule has 1 aromatic heterocycles. The number of halogens is 2. The number of nitrogens with zero attached hydrogens (tertiary/aromatic N) is 1. The minimum atomic E-state index is -1.14. The number of carbonyl (C=O) groups is 2. The fourth-order valence-electron chi connectivity index (χ4n) is 3.52. The maximum absolute atomic E-state index is 12.4. The van der Waals surface area contributed by atoms with Crippen molar-refractivity contribution in [3.8, 4) is 0 Å². The molecule has 7 nitrogen and oxygen atoms in total. The number of benzene rings is 1. The second-order valence-electron chi connectivity index (χ2n) is 7.66. The first kappa shape index (κ1) is 24.3. The third-order valence-corrected chi connectivity index (χ3v) is 5.90. The van der Waals surface area contributed by atoms with Crippen molar-refractivity contribution in [2.24, 2.45) is 0 Å². The van der Waals surface area contributed by atoms with E-state index in [0.29, 0.717) is 6.61 Å². The molecule has 3 rings (SSSR count). The molecule has 3 N–H and O–H groups in total. The highest BCUT2D eigenvalue weighted by Gasteiger charge is 2.23. The van der Waals surface area contributed by atoms with Gasteiger partial charge in [-0.2, -0.15) is 0 Å². The van der Waals surface area contributed by atoms with Crippen LogP contribution in [-0.2, 0) is 22.4 Å². The fraction of sp³-hybridized carbons (Fsp3) is 0.435. The Morgan fingerprint density at radius 3 is 2.69 bits per heavy atom. The second-order valence-corrected chi connectivity index (χ2v) is 8.47. The van der Waals surface area contributed by atoms with Crippen molar-refractivity contribution in [1.29, 1.82) is 0 Å². The molecule has 1 atom stereocenters. The molecule has 32 heavy (non-hydrogen) atoms. The number of rotatable bonds is 11. The summed E-state index contributed by atoms with van der Waals surface area (Å²) in [6, 6.07) is 7.80. The summed E-state index contributed by atoms with van der Waals surface area (Å²) in [7, 11) is 0. The van der Waals surface area contributed by atoms with Gasteiger partial charge in [0.05, 0.1) is 15.6 Å². The molecule has 2 heterocycles. The number of pyridine rings is 1. The average Bonchev–Trinajstić information content (AvgIpc) is 2.77. The van der Waals surface area contributed by atoms with Crippen LogP contribution in [0.25, 0.3) is 0 Å². The van der Waals surface area contributed by atoms with Gasteiger partial charge in [0, 0.05) is 31.9 Å². The molecule has 0 aliphatic carbocycles. The number of nitrogens with one attached hydrogen (secondary N) is 2. The normalized spacial score (nSPS) is 13.7. The van der Waals surface area contributed by atoms with Crippen molar-refractivity contribution < 1.29 is 19.4 Å². The number of carboxylic acid groups (broad SMARTS) is 1. The van der Waals surface area contributed by atoms with E-state index in [1.54, 1.807) is 6.07 Å². The Kier molecular flexibility index (Phi) is 9.14. The monoisotopic (exact) mass is 479 g/mol. The smallest absolute Gasteiger partial charge is 0.326 e. The van der Waals surface area contributed by atoms with E-state index in [4.69, 9.17) is 27.9 Å². The van der Waals surface area contributed by atoms with Crippen LogP contribution >= 0.6 is 23.2 Å². The summed E-state index contributed by atoms with van der Waals surface area (Å²) < 4.78 is 5.58. The minimum Gasteiger partial charge on any atom is -0.480 e. The quantitative estimate of drug-likeness (QED) is 0.414. The average molecular weight is 480 g/mol. The number of hydrogen-bond acceptors (Lipinski definition) is 5.